The molecule has 0 unspecified atom stereocenters. The molecule has 0 amide bonds. The molecule has 2 N–H and O–H groups in total. The summed E-state index contributed by atoms with van der Waals surface area (Å²) in [5.74, 6) is 0.978. The number of rotatable bonds is 3. The van der Waals surface area contributed by atoms with Crippen molar-refractivity contribution in [3.8, 4) is 5.75 Å². The Balaban J connectivity index is 0.00000225. The van der Waals surface area contributed by atoms with E-state index < -0.39 is 0 Å². The molecule has 4 heteroatoms. The lowest BCUT2D eigenvalue weighted by Gasteiger charge is -2.11. The van der Waals surface area contributed by atoms with Crippen molar-refractivity contribution < 1.29 is 5.11 Å². The number of hydrogen-bond donors (Lipinski definition) is 2. The molecule has 128 valence electrons. The van der Waals surface area contributed by atoms with Gasteiger partial charge >= 0.3 is 0 Å². The van der Waals surface area contributed by atoms with Crippen LogP contribution in [0, 0.1) is 13.8 Å². The fourth-order valence-electron chi connectivity index (χ4n) is 2.31. The first-order valence-electron chi connectivity index (χ1n) is 7.88. The number of amidine groups is 1. The molecule has 0 fully saturated rings. The van der Waals surface area contributed by atoms with Gasteiger partial charge in [0.25, 0.3) is 0 Å². The van der Waals surface area contributed by atoms with Crippen molar-refractivity contribution in [2.75, 3.05) is 5.32 Å². The van der Waals surface area contributed by atoms with E-state index in [1.807, 2.05) is 48.5 Å². The Kier molecular flexibility index (Phi) is 6.20. The van der Waals surface area contributed by atoms with Crippen molar-refractivity contribution in [3.05, 3.63) is 89.5 Å². The minimum atomic E-state index is 0. The van der Waals surface area contributed by atoms with Crippen LogP contribution in [-0.2, 0) is 0 Å². The summed E-state index contributed by atoms with van der Waals surface area (Å²) in [6.45, 7) is 4.12. The van der Waals surface area contributed by atoms with Gasteiger partial charge in [-0.15, -0.1) is 12.4 Å². The van der Waals surface area contributed by atoms with Gasteiger partial charge in [-0.3, -0.25) is 0 Å². The fraction of sp³-hybridized carbons (Fsp3) is 0.0952. The number of phenolic OH excluding ortho intramolecular Hbond substituents is 1. The summed E-state index contributed by atoms with van der Waals surface area (Å²) >= 11 is 0. The Labute approximate surface area is 154 Å². The van der Waals surface area contributed by atoms with Crippen LogP contribution in [0.3, 0.4) is 0 Å². The molecular formula is C21H21ClN2O. The zero-order chi connectivity index (χ0) is 16.9. The van der Waals surface area contributed by atoms with Gasteiger partial charge in [0.05, 0.1) is 5.69 Å². The Morgan fingerprint density at radius 1 is 0.760 bits per heavy atom. The normalized spacial score (nSPS) is 10.9. The SMILES string of the molecule is Cc1ccc(N=C(Nc2ccc(C)cc2)c2ccc(O)cc2)cc1.Cl. The molecule has 0 atom stereocenters. The molecular weight excluding hydrogens is 332 g/mol. The lowest BCUT2D eigenvalue weighted by molar-refractivity contribution is 0.475. The van der Waals surface area contributed by atoms with Crippen LogP contribution in [-0.4, -0.2) is 10.9 Å². The third-order valence-electron chi connectivity index (χ3n) is 3.73. The molecule has 25 heavy (non-hydrogen) atoms. The van der Waals surface area contributed by atoms with Gasteiger partial charge in [0.15, 0.2) is 0 Å². The highest BCUT2D eigenvalue weighted by molar-refractivity contribution is 6.09. The van der Waals surface area contributed by atoms with E-state index in [1.165, 1.54) is 11.1 Å². The number of aliphatic imine (C=N–C) groups is 1. The van der Waals surface area contributed by atoms with Crippen molar-refractivity contribution in [2.45, 2.75) is 13.8 Å². The summed E-state index contributed by atoms with van der Waals surface area (Å²) in [7, 11) is 0. The Morgan fingerprint density at radius 2 is 1.28 bits per heavy atom. The van der Waals surface area contributed by atoms with Crippen LogP contribution in [0.5, 0.6) is 5.75 Å². The van der Waals surface area contributed by atoms with Crippen molar-refractivity contribution in [2.24, 2.45) is 4.99 Å². The molecule has 3 aromatic carbocycles. The second-order valence-corrected chi connectivity index (χ2v) is 5.83. The maximum atomic E-state index is 9.52. The van der Waals surface area contributed by atoms with Crippen molar-refractivity contribution >= 4 is 29.6 Å². The molecule has 0 aliphatic heterocycles. The predicted molar refractivity (Wildman–Crippen MR) is 108 cm³/mol. The number of aryl methyl sites for hydroxylation is 2. The smallest absolute Gasteiger partial charge is 0.138 e. The first-order chi connectivity index (χ1) is 11.6. The topological polar surface area (TPSA) is 44.6 Å². The molecule has 3 nitrogen and oxygen atoms in total. The van der Waals surface area contributed by atoms with E-state index in [4.69, 9.17) is 4.99 Å². The molecule has 0 radical (unpaired) electrons. The lowest BCUT2D eigenvalue weighted by Crippen LogP contribution is -2.13. The summed E-state index contributed by atoms with van der Waals surface area (Å²) in [6.07, 6.45) is 0. The van der Waals surface area contributed by atoms with E-state index in [-0.39, 0.29) is 18.2 Å². The van der Waals surface area contributed by atoms with Crippen LogP contribution in [0.1, 0.15) is 16.7 Å². The van der Waals surface area contributed by atoms with E-state index in [9.17, 15) is 5.11 Å². The third kappa shape index (κ3) is 5.10. The van der Waals surface area contributed by atoms with E-state index in [2.05, 4.69) is 31.3 Å². The average molecular weight is 353 g/mol. The van der Waals surface area contributed by atoms with Crippen LogP contribution in [0.4, 0.5) is 11.4 Å². The molecule has 0 aliphatic carbocycles. The van der Waals surface area contributed by atoms with Crippen LogP contribution < -0.4 is 5.32 Å². The molecule has 0 aromatic heterocycles. The van der Waals surface area contributed by atoms with Gasteiger partial charge in [-0.2, -0.15) is 0 Å². The number of anilines is 1. The third-order valence-corrected chi connectivity index (χ3v) is 3.73. The van der Waals surface area contributed by atoms with Crippen LogP contribution in [0.25, 0.3) is 0 Å². The Bertz CT molecular complexity index is 839. The molecule has 0 spiro atoms. The molecule has 3 rings (SSSR count). The molecule has 0 bridgehead atoms. The zero-order valence-corrected chi connectivity index (χ0v) is 15.0. The van der Waals surface area contributed by atoms with Gasteiger partial charge in [0.1, 0.15) is 11.6 Å². The van der Waals surface area contributed by atoms with E-state index in [1.54, 1.807) is 12.1 Å². The monoisotopic (exact) mass is 352 g/mol. The maximum absolute atomic E-state index is 9.52. The maximum Gasteiger partial charge on any atom is 0.138 e. The van der Waals surface area contributed by atoms with Gasteiger partial charge in [0, 0.05) is 11.3 Å². The molecule has 0 saturated carbocycles. The van der Waals surface area contributed by atoms with Gasteiger partial charge in [-0.05, 0) is 62.4 Å². The Hall–Kier alpha value is -2.78. The summed E-state index contributed by atoms with van der Waals surface area (Å²) in [6, 6.07) is 23.3. The predicted octanol–water partition coefficient (Wildman–Crippen LogP) is 5.62. The number of halogens is 1. The summed E-state index contributed by atoms with van der Waals surface area (Å²) in [5.41, 5.74) is 5.17. The quantitative estimate of drug-likeness (QED) is 0.474. The minimum absolute atomic E-state index is 0. The summed E-state index contributed by atoms with van der Waals surface area (Å²) < 4.78 is 0. The van der Waals surface area contributed by atoms with Crippen molar-refractivity contribution in [1.82, 2.24) is 0 Å². The number of hydrogen-bond acceptors (Lipinski definition) is 2. The number of nitrogens with zero attached hydrogens (tertiary/aromatic N) is 1. The molecule has 0 saturated heterocycles. The molecule has 0 heterocycles. The summed E-state index contributed by atoms with van der Waals surface area (Å²) in [4.78, 5) is 4.74. The first-order valence-corrected chi connectivity index (χ1v) is 7.88. The van der Waals surface area contributed by atoms with Crippen LogP contribution >= 0.6 is 12.4 Å². The van der Waals surface area contributed by atoms with Gasteiger partial charge in [-0.25, -0.2) is 4.99 Å². The second kappa shape index (κ2) is 8.36. The van der Waals surface area contributed by atoms with Crippen molar-refractivity contribution in [3.63, 3.8) is 0 Å². The zero-order valence-electron chi connectivity index (χ0n) is 14.2. The number of phenols is 1. The summed E-state index contributed by atoms with van der Waals surface area (Å²) in [5, 5.41) is 12.9. The molecule has 3 aromatic rings. The standard InChI is InChI=1S/C21H20N2O.ClH/c1-15-3-9-18(10-4-15)22-21(17-7-13-20(24)14-8-17)23-19-11-5-16(2)6-12-19;/h3-14,24H,1-2H3,(H,22,23);1H. The van der Waals surface area contributed by atoms with Crippen molar-refractivity contribution in [1.29, 1.82) is 0 Å². The fourth-order valence-corrected chi connectivity index (χ4v) is 2.31. The highest BCUT2D eigenvalue weighted by Gasteiger charge is 2.05. The van der Waals surface area contributed by atoms with Gasteiger partial charge in [0.2, 0.25) is 0 Å². The molecule has 0 aliphatic rings. The van der Waals surface area contributed by atoms with E-state index in [0.717, 1.165) is 22.8 Å². The number of nitrogens with one attached hydrogen (secondary N) is 1. The number of aromatic hydroxyl groups is 1. The second-order valence-electron chi connectivity index (χ2n) is 5.83. The lowest BCUT2D eigenvalue weighted by atomic mass is 10.1. The Morgan fingerprint density at radius 3 is 1.84 bits per heavy atom. The largest absolute Gasteiger partial charge is 0.508 e. The van der Waals surface area contributed by atoms with Gasteiger partial charge < -0.3 is 10.4 Å². The van der Waals surface area contributed by atoms with Crippen LogP contribution in [0.2, 0.25) is 0 Å². The highest BCUT2D eigenvalue weighted by Crippen LogP contribution is 2.19. The average Bonchev–Trinajstić information content (AvgIpc) is 2.59. The number of benzene rings is 3. The minimum Gasteiger partial charge on any atom is -0.508 e. The van der Waals surface area contributed by atoms with E-state index in [0.29, 0.717) is 0 Å². The van der Waals surface area contributed by atoms with Gasteiger partial charge in [-0.1, -0.05) is 35.4 Å². The van der Waals surface area contributed by atoms with Crippen LogP contribution in [0.15, 0.2) is 77.8 Å². The first kappa shape index (κ1) is 18.6. The highest BCUT2D eigenvalue weighted by atomic mass is 35.5. The van der Waals surface area contributed by atoms with E-state index >= 15 is 0 Å².